The van der Waals surface area contributed by atoms with Crippen LogP contribution in [-0.4, -0.2) is 62.6 Å². The van der Waals surface area contributed by atoms with Crippen LogP contribution in [0.2, 0.25) is 0 Å². The van der Waals surface area contributed by atoms with E-state index in [4.69, 9.17) is 4.74 Å². The lowest BCUT2D eigenvalue weighted by atomic mass is 10.1. The zero-order valence-electron chi connectivity index (χ0n) is 21.1. The van der Waals surface area contributed by atoms with Crippen molar-refractivity contribution in [1.29, 1.82) is 0 Å². The van der Waals surface area contributed by atoms with Crippen LogP contribution in [0.3, 0.4) is 0 Å². The third-order valence-electron chi connectivity index (χ3n) is 5.58. The van der Waals surface area contributed by atoms with Crippen LogP contribution in [0.4, 0.5) is 11.4 Å². The molecule has 0 radical (unpaired) electrons. The SMILES string of the molecule is CCNC(=O)C(CC)N(Cc1cccc(OC)c1)C(=O)CN(c1cc([N+](=O)[O-])ccc1C)S(C)(=O)=O. The number of nitrogens with one attached hydrogen (secondary N) is 1. The Morgan fingerprint density at radius 2 is 1.86 bits per heavy atom. The van der Waals surface area contributed by atoms with Gasteiger partial charge in [-0.05, 0) is 43.5 Å². The molecule has 1 unspecified atom stereocenters. The van der Waals surface area contributed by atoms with Crippen LogP contribution in [0.1, 0.15) is 31.4 Å². The monoisotopic (exact) mass is 520 g/mol. The number of rotatable bonds is 12. The Balaban J connectivity index is 2.53. The van der Waals surface area contributed by atoms with Crippen LogP contribution in [0.15, 0.2) is 42.5 Å². The number of likely N-dealkylation sites (N-methyl/N-ethyl adjacent to an activating group) is 1. The lowest BCUT2D eigenvalue weighted by Gasteiger charge is -2.33. The minimum absolute atomic E-state index is 0.0208. The summed E-state index contributed by atoms with van der Waals surface area (Å²) in [4.78, 5) is 38.5. The summed E-state index contributed by atoms with van der Waals surface area (Å²) >= 11 is 0. The Morgan fingerprint density at radius 3 is 2.42 bits per heavy atom. The number of amides is 2. The molecule has 0 aromatic heterocycles. The number of nitrogens with zero attached hydrogens (tertiary/aromatic N) is 3. The smallest absolute Gasteiger partial charge is 0.271 e. The van der Waals surface area contributed by atoms with Gasteiger partial charge in [-0.3, -0.25) is 24.0 Å². The molecular formula is C24H32N4O7S. The van der Waals surface area contributed by atoms with Gasteiger partial charge in [0, 0.05) is 25.2 Å². The zero-order chi connectivity index (χ0) is 27.0. The maximum Gasteiger partial charge on any atom is 0.271 e. The number of benzene rings is 2. The second-order valence-corrected chi connectivity index (χ2v) is 10.1. The van der Waals surface area contributed by atoms with Gasteiger partial charge in [-0.1, -0.05) is 25.1 Å². The van der Waals surface area contributed by atoms with Crippen LogP contribution in [0.5, 0.6) is 5.75 Å². The number of carbonyl (C=O) groups excluding carboxylic acids is 2. The number of anilines is 1. The van der Waals surface area contributed by atoms with Crippen molar-refractivity contribution in [2.75, 3.05) is 30.8 Å². The highest BCUT2D eigenvalue weighted by atomic mass is 32.2. The molecule has 2 aromatic carbocycles. The molecule has 12 heteroatoms. The number of sulfonamides is 1. The van der Waals surface area contributed by atoms with Gasteiger partial charge in [0.25, 0.3) is 5.69 Å². The number of nitro groups is 1. The molecular weight excluding hydrogens is 488 g/mol. The van der Waals surface area contributed by atoms with E-state index < -0.39 is 33.4 Å². The van der Waals surface area contributed by atoms with Crippen molar-refractivity contribution in [3.63, 3.8) is 0 Å². The van der Waals surface area contributed by atoms with Gasteiger partial charge in [0.2, 0.25) is 21.8 Å². The number of ether oxygens (including phenoxy) is 1. The predicted molar refractivity (Wildman–Crippen MR) is 136 cm³/mol. The van der Waals surface area contributed by atoms with Crippen molar-refractivity contribution in [3.8, 4) is 5.75 Å². The Morgan fingerprint density at radius 1 is 1.17 bits per heavy atom. The van der Waals surface area contributed by atoms with E-state index in [1.54, 1.807) is 45.0 Å². The molecule has 36 heavy (non-hydrogen) atoms. The molecule has 0 aliphatic rings. The van der Waals surface area contributed by atoms with Gasteiger partial charge in [-0.25, -0.2) is 8.42 Å². The van der Waals surface area contributed by atoms with Crippen molar-refractivity contribution in [3.05, 3.63) is 63.7 Å². The fraction of sp³-hybridized carbons (Fsp3) is 0.417. The Labute approximate surface area is 211 Å². The minimum Gasteiger partial charge on any atom is -0.497 e. The summed E-state index contributed by atoms with van der Waals surface area (Å²) in [7, 11) is -2.50. The molecule has 0 saturated heterocycles. The maximum atomic E-state index is 13.6. The van der Waals surface area contributed by atoms with Crippen LogP contribution in [0, 0.1) is 17.0 Å². The lowest BCUT2D eigenvalue weighted by molar-refractivity contribution is -0.384. The standard InChI is InChI=1S/C24H32N4O7S/c1-6-21(24(30)25-7-2)26(15-18-9-8-10-20(13-18)35-4)23(29)16-27(36(5,33)34)22-14-19(28(31)32)12-11-17(22)3/h8-14,21H,6-7,15-16H2,1-5H3,(H,25,30). The molecule has 11 nitrogen and oxygen atoms in total. The van der Waals surface area contributed by atoms with Gasteiger partial charge < -0.3 is 15.0 Å². The molecule has 0 aliphatic heterocycles. The van der Waals surface area contributed by atoms with Crippen molar-refractivity contribution in [2.24, 2.45) is 0 Å². The van der Waals surface area contributed by atoms with Crippen LogP contribution < -0.4 is 14.4 Å². The Hall–Kier alpha value is -3.67. The van der Waals surface area contributed by atoms with Gasteiger partial charge in [0.1, 0.15) is 18.3 Å². The highest BCUT2D eigenvalue weighted by molar-refractivity contribution is 7.92. The molecule has 2 amide bonds. The topological polar surface area (TPSA) is 139 Å². The zero-order valence-corrected chi connectivity index (χ0v) is 21.9. The van der Waals surface area contributed by atoms with Crippen LogP contribution in [0.25, 0.3) is 0 Å². The van der Waals surface area contributed by atoms with Crippen molar-refractivity contribution < 1.29 is 27.7 Å². The number of nitro benzene ring substituents is 1. The third kappa shape index (κ3) is 7.17. The van der Waals surface area contributed by atoms with Gasteiger partial charge in [0.15, 0.2) is 0 Å². The molecule has 0 saturated carbocycles. The molecule has 2 rings (SSSR count). The first kappa shape index (κ1) is 28.6. The number of non-ortho nitro benzene ring substituents is 1. The van der Waals surface area contributed by atoms with E-state index in [0.717, 1.165) is 16.6 Å². The first-order chi connectivity index (χ1) is 16.9. The van der Waals surface area contributed by atoms with E-state index in [-0.39, 0.29) is 30.2 Å². The number of aryl methyl sites for hydroxylation is 1. The molecule has 2 aromatic rings. The predicted octanol–water partition coefficient (Wildman–Crippen LogP) is 2.62. The molecule has 0 fully saturated rings. The molecule has 0 bridgehead atoms. The normalized spacial score (nSPS) is 11.9. The van der Waals surface area contributed by atoms with E-state index in [2.05, 4.69) is 5.32 Å². The summed E-state index contributed by atoms with van der Waals surface area (Å²) in [6.07, 6.45) is 1.21. The number of methoxy groups -OCH3 is 1. The number of hydrogen-bond acceptors (Lipinski definition) is 7. The summed E-state index contributed by atoms with van der Waals surface area (Å²) < 4.78 is 31.6. The van der Waals surface area contributed by atoms with Crippen LogP contribution >= 0.6 is 0 Å². The average molecular weight is 521 g/mol. The third-order valence-corrected chi connectivity index (χ3v) is 6.70. The average Bonchev–Trinajstić information content (AvgIpc) is 2.82. The second kappa shape index (κ2) is 12.3. The van der Waals surface area contributed by atoms with E-state index in [9.17, 15) is 28.1 Å². The highest BCUT2D eigenvalue weighted by Gasteiger charge is 2.32. The first-order valence-corrected chi connectivity index (χ1v) is 13.2. The van der Waals surface area contributed by atoms with Gasteiger partial charge in [-0.15, -0.1) is 0 Å². The van der Waals surface area contributed by atoms with Crippen molar-refractivity contribution >= 4 is 33.2 Å². The summed E-state index contributed by atoms with van der Waals surface area (Å²) in [6.45, 7) is 4.86. The van der Waals surface area contributed by atoms with Crippen molar-refractivity contribution in [1.82, 2.24) is 10.2 Å². The van der Waals surface area contributed by atoms with E-state index in [1.807, 2.05) is 0 Å². The summed E-state index contributed by atoms with van der Waals surface area (Å²) in [5.41, 5.74) is 0.836. The molecule has 0 heterocycles. The molecule has 0 spiro atoms. The van der Waals surface area contributed by atoms with E-state index in [0.29, 0.717) is 23.4 Å². The highest BCUT2D eigenvalue weighted by Crippen LogP contribution is 2.28. The number of hydrogen-bond donors (Lipinski definition) is 1. The van der Waals surface area contributed by atoms with E-state index >= 15 is 0 Å². The quantitative estimate of drug-likeness (QED) is 0.335. The first-order valence-electron chi connectivity index (χ1n) is 11.4. The lowest BCUT2D eigenvalue weighted by Crippen LogP contribution is -2.52. The van der Waals surface area contributed by atoms with Crippen molar-refractivity contribution in [2.45, 2.75) is 39.8 Å². The van der Waals surface area contributed by atoms with Gasteiger partial charge in [0.05, 0.1) is 24.0 Å². The van der Waals surface area contributed by atoms with Crippen LogP contribution in [-0.2, 0) is 26.2 Å². The minimum atomic E-state index is -4.02. The Bertz CT molecular complexity index is 1220. The molecule has 0 aliphatic carbocycles. The maximum absolute atomic E-state index is 13.6. The second-order valence-electron chi connectivity index (χ2n) is 8.19. The Kier molecular flexibility index (Phi) is 9.79. The number of carbonyl (C=O) groups is 2. The van der Waals surface area contributed by atoms with Gasteiger partial charge in [-0.2, -0.15) is 0 Å². The molecule has 196 valence electrons. The molecule has 1 atom stereocenters. The van der Waals surface area contributed by atoms with E-state index in [1.165, 1.54) is 24.1 Å². The van der Waals surface area contributed by atoms with Gasteiger partial charge >= 0.3 is 0 Å². The summed E-state index contributed by atoms with van der Waals surface area (Å²) in [6, 6.07) is 9.93. The molecule has 1 N–H and O–H groups in total. The summed E-state index contributed by atoms with van der Waals surface area (Å²) in [5, 5.41) is 14.0. The fourth-order valence-corrected chi connectivity index (χ4v) is 4.65. The summed E-state index contributed by atoms with van der Waals surface area (Å²) in [5.74, 6) is -0.433. The largest absolute Gasteiger partial charge is 0.497 e. The fourth-order valence-electron chi connectivity index (χ4n) is 3.75.